The summed E-state index contributed by atoms with van der Waals surface area (Å²) in [4.78, 5) is 38.3. The molecule has 4 rings (SSSR count). The number of nitrogens with one attached hydrogen (secondary N) is 1. The number of para-hydroxylation sites is 1. The molecule has 0 aliphatic rings. The highest BCUT2D eigenvalue weighted by molar-refractivity contribution is 7.07. The third-order valence-electron chi connectivity index (χ3n) is 5.20. The van der Waals surface area contributed by atoms with E-state index in [2.05, 4.69) is 5.32 Å². The van der Waals surface area contributed by atoms with Crippen molar-refractivity contribution in [1.29, 1.82) is 5.26 Å². The fourth-order valence-electron chi connectivity index (χ4n) is 3.42. The number of rotatable bonds is 5. The molecule has 0 atom stereocenters. The average Bonchev–Trinajstić information content (AvgIpc) is 3.21. The lowest BCUT2D eigenvalue weighted by Gasteiger charge is -2.07. The van der Waals surface area contributed by atoms with Crippen LogP contribution in [0.1, 0.15) is 15.9 Å². The third kappa shape index (κ3) is 5.65. The lowest BCUT2D eigenvalue weighted by atomic mass is 10.1. The van der Waals surface area contributed by atoms with Crippen LogP contribution in [-0.2, 0) is 9.53 Å². The molecule has 0 radical (unpaired) electrons. The van der Waals surface area contributed by atoms with Crippen LogP contribution in [-0.4, -0.2) is 23.6 Å². The molecule has 1 heterocycles. The summed E-state index contributed by atoms with van der Waals surface area (Å²) in [6.45, 7) is 0. The molecule has 1 N–H and O–H groups in total. The maximum absolute atomic E-state index is 13.5. The van der Waals surface area contributed by atoms with Crippen molar-refractivity contribution in [3.8, 4) is 11.8 Å². The lowest BCUT2D eigenvalue weighted by molar-refractivity contribution is -0.111. The number of ether oxygens (including phenoxy) is 1. The van der Waals surface area contributed by atoms with Gasteiger partial charge in [-0.3, -0.25) is 14.2 Å². The monoisotopic (exact) mass is 549 g/mol. The summed E-state index contributed by atoms with van der Waals surface area (Å²) in [5.74, 6) is -1.21. The molecule has 0 aliphatic heterocycles. The Balaban J connectivity index is 1.90. The van der Waals surface area contributed by atoms with Gasteiger partial charge in [-0.1, -0.05) is 53.5 Å². The van der Waals surface area contributed by atoms with Gasteiger partial charge in [-0.05, 0) is 54.1 Å². The van der Waals surface area contributed by atoms with Crippen LogP contribution in [0, 0.1) is 11.3 Å². The van der Waals surface area contributed by atoms with Crippen LogP contribution in [0.3, 0.4) is 0 Å². The Morgan fingerprint density at radius 1 is 1.05 bits per heavy atom. The third-order valence-corrected chi connectivity index (χ3v) is 6.84. The zero-order valence-electron chi connectivity index (χ0n) is 19.2. The zero-order valence-corrected chi connectivity index (χ0v) is 21.5. The highest BCUT2D eigenvalue weighted by Gasteiger charge is 2.18. The van der Waals surface area contributed by atoms with Crippen LogP contribution in [0.5, 0.6) is 0 Å². The van der Waals surface area contributed by atoms with Gasteiger partial charge in [-0.15, -0.1) is 11.3 Å². The summed E-state index contributed by atoms with van der Waals surface area (Å²) in [7, 11) is 1.29. The summed E-state index contributed by atoms with van der Waals surface area (Å²) >= 11 is 13.1. The normalized spacial score (nSPS) is 12.0. The highest BCUT2D eigenvalue weighted by atomic mass is 35.5. The molecule has 37 heavy (non-hydrogen) atoms. The second-order valence-electron chi connectivity index (χ2n) is 7.57. The summed E-state index contributed by atoms with van der Waals surface area (Å²) < 4.78 is 6.47. The number of nitriles is 1. The SMILES string of the molecule is COC(=O)c1ccc(C=c2sc(=C(C#N)C(=O)Nc3ccc(Cl)cc3Cl)n(-c3ccccc3)c2=O)cc1. The number of hydrogen-bond donors (Lipinski definition) is 1. The van der Waals surface area contributed by atoms with Gasteiger partial charge in [0.1, 0.15) is 10.7 Å². The summed E-state index contributed by atoms with van der Waals surface area (Å²) in [6, 6.07) is 21.7. The molecule has 0 aliphatic carbocycles. The van der Waals surface area contributed by atoms with Crippen molar-refractivity contribution < 1.29 is 14.3 Å². The van der Waals surface area contributed by atoms with E-state index in [9.17, 15) is 19.6 Å². The molecular formula is C27H17Cl2N3O4S. The second kappa shape index (κ2) is 11.3. The molecule has 1 aromatic heterocycles. The van der Waals surface area contributed by atoms with Gasteiger partial charge in [0.15, 0.2) is 5.57 Å². The number of methoxy groups -OCH3 is 1. The average molecular weight is 550 g/mol. The summed E-state index contributed by atoms with van der Waals surface area (Å²) in [5.41, 5.74) is 1.10. The van der Waals surface area contributed by atoms with Gasteiger partial charge >= 0.3 is 5.97 Å². The minimum Gasteiger partial charge on any atom is -0.465 e. The minimum atomic E-state index is -0.730. The second-order valence-corrected chi connectivity index (χ2v) is 9.44. The number of amides is 1. The molecule has 0 unspecified atom stereocenters. The number of aromatic nitrogens is 1. The van der Waals surface area contributed by atoms with Gasteiger partial charge in [0, 0.05) is 5.02 Å². The van der Waals surface area contributed by atoms with Crippen LogP contribution in [0.2, 0.25) is 10.0 Å². The Labute approximate surface area is 225 Å². The quantitative estimate of drug-likeness (QED) is 0.377. The number of esters is 1. The molecule has 184 valence electrons. The largest absolute Gasteiger partial charge is 0.465 e. The van der Waals surface area contributed by atoms with E-state index in [1.165, 1.54) is 23.8 Å². The fraction of sp³-hybridized carbons (Fsp3) is 0.0370. The predicted octanol–water partition coefficient (Wildman–Crippen LogP) is 4.13. The van der Waals surface area contributed by atoms with E-state index in [0.29, 0.717) is 21.8 Å². The Morgan fingerprint density at radius 3 is 2.38 bits per heavy atom. The van der Waals surface area contributed by atoms with E-state index in [4.69, 9.17) is 27.9 Å². The number of anilines is 1. The molecule has 0 bridgehead atoms. The van der Waals surface area contributed by atoms with E-state index in [1.807, 2.05) is 6.07 Å². The zero-order chi connectivity index (χ0) is 26.5. The Bertz CT molecular complexity index is 1720. The summed E-state index contributed by atoms with van der Waals surface area (Å²) in [5, 5.41) is 13.2. The predicted molar refractivity (Wildman–Crippen MR) is 145 cm³/mol. The van der Waals surface area contributed by atoms with E-state index < -0.39 is 17.4 Å². The van der Waals surface area contributed by atoms with Gasteiger partial charge in [0.05, 0.1) is 33.6 Å². The Hall–Kier alpha value is -4.16. The Morgan fingerprint density at radius 2 is 1.76 bits per heavy atom. The number of benzene rings is 3. The van der Waals surface area contributed by atoms with Crippen molar-refractivity contribution in [1.82, 2.24) is 4.57 Å². The molecule has 10 heteroatoms. The first kappa shape index (κ1) is 25.9. The Kier molecular flexibility index (Phi) is 7.89. The number of carbonyl (C=O) groups excluding carboxylic acids is 2. The maximum Gasteiger partial charge on any atom is 0.337 e. The van der Waals surface area contributed by atoms with Crippen molar-refractivity contribution in [2.75, 3.05) is 12.4 Å². The van der Waals surface area contributed by atoms with Crippen molar-refractivity contribution >= 4 is 63.8 Å². The van der Waals surface area contributed by atoms with Crippen LogP contribution in [0.4, 0.5) is 5.69 Å². The lowest BCUT2D eigenvalue weighted by Crippen LogP contribution is -2.32. The molecule has 4 aromatic rings. The highest BCUT2D eigenvalue weighted by Crippen LogP contribution is 2.25. The van der Waals surface area contributed by atoms with Gasteiger partial charge in [0.25, 0.3) is 11.5 Å². The van der Waals surface area contributed by atoms with E-state index in [0.717, 1.165) is 11.3 Å². The van der Waals surface area contributed by atoms with E-state index in [1.54, 1.807) is 66.7 Å². The number of hydrogen-bond acceptors (Lipinski definition) is 6. The number of carbonyl (C=O) groups is 2. The molecule has 1 amide bonds. The van der Waals surface area contributed by atoms with Gasteiger partial charge in [-0.25, -0.2) is 4.79 Å². The molecule has 0 spiro atoms. The van der Waals surface area contributed by atoms with Crippen LogP contribution < -0.4 is 20.1 Å². The standard InChI is InChI=1S/C27H17Cl2N3O4S/c1-36-27(35)17-9-7-16(8-10-17)13-23-25(34)32(19-5-3-2-4-6-19)26(37-23)20(15-30)24(33)31-22-12-11-18(28)14-21(22)29/h2-14H,1H3,(H,31,33). The van der Waals surface area contributed by atoms with Crippen LogP contribution >= 0.6 is 34.5 Å². The molecule has 0 saturated carbocycles. The van der Waals surface area contributed by atoms with Crippen molar-refractivity contribution in [3.05, 3.63) is 114 Å². The van der Waals surface area contributed by atoms with E-state index in [-0.39, 0.29) is 25.5 Å². The topological polar surface area (TPSA) is 101 Å². The van der Waals surface area contributed by atoms with Crippen molar-refractivity contribution in [2.45, 2.75) is 0 Å². The number of nitrogens with zero attached hydrogens (tertiary/aromatic N) is 2. The van der Waals surface area contributed by atoms with Crippen molar-refractivity contribution in [3.63, 3.8) is 0 Å². The molecular weight excluding hydrogens is 533 g/mol. The molecule has 3 aromatic carbocycles. The number of thiazole rings is 1. The fourth-order valence-corrected chi connectivity index (χ4v) is 4.98. The van der Waals surface area contributed by atoms with Gasteiger partial charge < -0.3 is 10.1 Å². The molecule has 0 fully saturated rings. The first-order chi connectivity index (χ1) is 17.8. The van der Waals surface area contributed by atoms with Crippen LogP contribution in [0.15, 0.2) is 77.6 Å². The first-order valence-corrected chi connectivity index (χ1v) is 12.3. The molecule has 7 nitrogen and oxygen atoms in total. The minimum absolute atomic E-state index is 0.152. The van der Waals surface area contributed by atoms with Crippen molar-refractivity contribution in [2.24, 2.45) is 0 Å². The molecule has 0 saturated heterocycles. The van der Waals surface area contributed by atoms with Gasteiger partial charge in [0.2, 0.25) is 0 Å². The first-order valence-electron chi connectivity index (χ1n) is 10.7. The maximum atomic E-state index is 13.5. The van der Waals surface area contributed by atoms with Gasteiger partial charge in [-0.2, -0.15) is 5.26 Å². The van der Waals surface area contributed by atoms with Crippen LogP contribution in [0.25, 0.3) is 17.3 Å². The van der Waals surface area contributed by atoms with E-state index >= 15 is 0 Å². The smallest absolute Gasteiger partial charge is 0.337 e. The summed E-state index contributed by atoms with van der Waals surface area (Å²) in [6.07, 6.45) is 1.62. The number of halogens is 2.